The molecule has 2 amide bonds. The molecule has 17 heteroatoms. The Kier molecular flexibility index (Phi) is 12.7. The second kappa shape index (κ2) is 17.9. The van der Waals surface area contributed by atoms with Crippen LogP contribution in [0, 0.1) is 37.1 Å². The number of carbonyl (C=O) groups is 2. The van der Waals surface area contributed by atoms with E-state index in [0.29, 0.717) is 85.5 Å². The first-order valence-electron chi connectivity index (χ1n) is 19.7. The molecular formula is C42H46BrF4N9O3. The third-order valence-corrected chi connectivity index (χ3v) is 11.8. The van der Waals surface area contributed by atoms with Crippen LogP contribution in [0.3, 0.4) is 0 Å². The van der Waals surface area contributed by atoms with Gasteiger partial charge in [0.05, 0.1) is 77.6 Å². The first kappa shape index (κ1) is 41.9. The number of likely N-dealkylation sites (N-methyl/N-ethyl adjacent to an activating group) is 1. The molecule has 0 radical (unpaired) electrons. The van der Waals surface area contributed by atoms with Crippen molar-refractivity contribution < 1.29 is 31.9 Å². The fourth-order valence-corrected chi connectivity index (χ4v) is 8.34. The molecule has 0 unspecified atom stereocenters. The molecular weight excluding hydrogens is 834 g/mol. The third kappa shape index (κ3) is 8.86. The van der Waals surface area contributed by atoms with Gasteiger partial charge >= 0.3 is 0 Å². The molecule has 3 saturated heterocycles. The predicted molar refractivity (Wildman–Crippen MR) is 225 cm³/mol. The summed E-state index contributed by atoms with van der Waals surface area (Å²) >= 11 is 3.39. The molecule has 0 aliphatic carbocycles. The number of morpholine rings is 1. The molecule has 5 aromatic rings. The molecule has 3 aliphatic rings. The van der Waals surface area contributed by atoms with Crippen molar-refractivity contribution in [2.45, 2.75) is 34.1 Å². The number of ether oxygens (including phenoxy) is 1. The molecule has 3 aliphatic heterocycles. The third-order valence-electron chi connectivity index (χ3n) is 10.8. The fourth-order valence-electron chi connectivity index (χ4n) is 7.77. The number of hydrogen-bond donors (Lipinski definition) is 1. The van der Waals surface area contributed by atoms with Gasteiger partial charge in [-0.1, -0.05) is 6.92 Å². The summed E-state index contributed by atoms with van der Waals surface area (Å²) < 4.78 is 62.8. The van der Waals surface area contributed by atoms with Crippen molar-refractivity contribution in [2.24, 2.45) is 0 Å². The Hall–Kier alpha value is -5.29. The van der Waals surface area contributed by atoms with E-state index >= 15 is 4.39 Å². The summed E-state index contributed by atoms with van der Waals surface area (Å²) in [5.74, 6) is -1.55. The van der Waals surface area contributed by atoms with Crippen molar-refractivity contribution >= 4 is 78.2 Å². The van der Waals surface area contributed by atoms with E-state index in [1.165, 1.54) is 12.1 Å². The number of aromatic nitrogens is 3. The van der Waals surface area contributed by atoms with Crippen LogP contribution < -0.4 is 20.0 Å². The highest BCUT2D eigenvalue weighted by Crippen LogP contribution is 2.38. The molecule has 0 atom stereocenters. The maximum atomic E-state index is 15.1. The highest BCUT2D eigenvalue weighted by Gasteiger charge is 2.29. The zero-order valence-corrected chi connectivity index (χ0v) is 35.0. The van der Waals surface area contributed by atoms with E-state index in [2.05, 4.69) is 41.1 Å². The number of piperazine rings is 2. The Bertz CT molecular complexity index is 2400. The fraction of sp³-hybridized carbons (Fsp3) is 0.405. The van der Waals surface area contributed by atoms with Crippen LogP contribution in [0.25, 0.3) is 21.8 Å². The number of pyridine rings is 3. The van der Waals surface area contributed by atoms with Crippen LogP contribution >= 0.6 is 15.9 Å². The van der Waals surface area contributed by atoms with Crippen LogP contribution in [0.5, 0.6) is 0 Å². The van der Waals surface area contributed by atoms with Gasteiger partial charge in [-0.15, -0.1) is 0 Å². The maximum absolute atomic E-state index is 15.1. The highest BCUT2D eigenvalue weighted by molar-refractivity contribution is 9.10. The van der Waals surface area contributed by atoms with Gasteiger partial charge in [0.25, 0.3) is 0 Å². The number of fused-ring (bicyclic) bond motifs is 2. The SMILES string of the molecule is CCCN1CCN(c2nc3cc(F)cc(F)c3c(Nc3cncc(N4CCOCC4)c3)c2C)CC1=O.CCN1CCN(c2nc3cc(F)cc(F)c3c(Br)c2C)CC1=O. The van der Waals surface area contributed by atoms with Crippen LogP contribution in [0.1, 0.15) is 31.4 Å². The lowest BCUT2D eigenvalue weighted by molar-refractivity contribution is -0.131. The van der Waals surface area contributed by atoms with Gasteiger partial charge in [0.15, 0.2) is 0 Å². The minimum atomic E-state index is -0.701. The summed E-state index contributed by atoms with van der Waals surface area (Å²) in [5, 5.41) is 3.79. The Morgan fingerprint density at radius 3 is 1.88 bits per heavy atom. The minimum Gasteiger partial charge on any atom is -0.378 e. The van der Waals surface area contributed by atoms with Crippen molar-refractivity contribution in [1.29, 1.82) is 0 Å². The van der Waals surface area contributed by atoms with Gasteiger partial charge in [-0.3, -0.25) is 14.6 Å². The zero-order chi connectivity index (χ0) is 42.0. The summed E-state index contributed by atoms with van der Waals surface area (Å²) in [4.78, 5) is 47.8. The largest absolute Gasteiger partial charge is 0.378 e. The van der Waals surface area contributed by atoms with Crippen molar-refractivity contribution in [1.82, 2.24) is 24.8 Å². The summed E-state index contributed by atoms with van der Waals surface area (Å²) in [7, 11) is 0. The van der Waals surface area contributed by atoms with Crippen LogP contribution in [-0.2, 0) is 14.3 Å². The average Bonchev–Trinajstić information content (AvgIpc) is 3.21. The van der Waals surface area contributed by atoms with Crippen LogP contribution in [0.4, 0.5) is 46.3 Å². The van der Waals surface area contributed by atoms with Gasteiger partial charge in [-0.25, -0.2) is 27.5 Å². The van der Waals surface area contributed by atoms with Crippen molar-refractivity contribution in [3.05, 3.63) is 81.6 Å². The number of nitrogens with one attached hydrogen (secondary N) is 1. The zero-order valence-electron chi connectivity index (χ0n) is 33.4. The van der Waals surface area contributed by atoms with Crippen molar-refractivity contribution in [3.8, 4) is 0 Å². The Morgan fingerprint density at radius 2 is 1.29 bits per heavy atom. The number of benzene rings is 2. The van der Waals surface area contributed by atoms with E-state index in [9.17, 15) is 22.8 Å². The predicted octanol–water partition coefficient (Wildman–Crippen LogP) is 7.11. The molecule has 3 fully saturated rings. The number of nitrogens with zero attached hydrogens (tertiary/aromatic N) is 8. The number of halogens is 5. The summed E-state index contributed by atoms with van der Waals surface area (Å²) in [5.41, 5.74) is 3.94. The van der Waals surface area contributed by atoms with E-state index in [1.807, 2.05) is 48.5 Å². The molecule has 8 rings (SSSR count). The van der Waals surface area contributed by atoms with Gasteiger partial charge in [0.1, 0.15) is 34.9 Å². The van der Waals surface area contributed by atoms with Crippen LogP contribution in [-0.4, -0.2) is 115 Å². The van der Waals surface area contributed by atoms with E-state index in [4.69, 9.17) is 4.74 Å². The van der Waals surface area contributed by atoms with Gasteiger partial charge < -0.3 is 34.6 Å². The van der Waals surface area contributed by atoms with Gasteiger partial charge in [0.2, 0.25) is 11.8 Å². The topological polar surface area (TPSA) is 110 Å². The number of amides is 2. The summed E-state index contributed by atoms with van der Waals surface area (Å²) in [6.07, 6.45) is 4.35. The molecule has 0 spiro atoms. The van der Waals surface area contributed by atoms with Gasteiger partial charge in [0, 0.05) is 92.2 Å². The van der Waals surface area contributed by atoms with Crippen LogP contribution in [0.15, 0.2) is 47.2 Å². The molecule has 1 N–H and O–H groups in total. The molecule has 3 aromatic heterocycles. The van der Waals surface area contributed by atoms with Gasteiger partial charge in [-0.05, 0) is 49.2 Å². The van der Waals surface area contributed by atoms with E-state index < -0.39 is 23.3 Å². The highest BCUT2D eigenvalue weighted by atomic mass is 79.9. The quantitative estimate of drug-likeness (QED) is 0.162. The number of hydrogen-bond acceptors (Lipinski definition) is 10. The normalized spacial score (nSPS) is 16.3. The number of anilines is 5. The number of carbonyl (C=O) groups excluding carboxylic acids is 2. The summed E-state index contributed by atoms with van der Waals surface area (Å²) in [6, 6.07) is 6.10. The molecule has 12 nitrogen and oxygen atoms in total. The maximum Gasteiger partial charge on any atom is 0.242 e. The van der Waals surface area contributed by atoms with Crippen LogP contribution in [0.2, 0.25) is 0 Å². The summed E-state index contributed by atoms with van der Waals surface area (Å²) in [6.45, 7) is 14.7. The Balaban J connectivity index is 0.000000198. The van der Waals surface area contributed by atoms with E-state index in [1.54, 1.807) is 17.3 Å². The monoisotopic (exact) mass is 879 g/mol. The lowest BCUT2D eigenvalue weighted by Gasteiger charge is -2.36. The molecule has 6 heterocycles. The standard InChI is InChI=1S/C26H30F2N6O2.C16H16BrF2N3O/c1-3-4-33-5-6-34(16-23(33)35)26-17(2)25(24-21(28)11-18(27)12-22(24)31-26)30-19-13-20(15-29-14-19)32-7-9-36-10-8-32;1-3-21-4-5-22(8-13(21)23)16-9(2)15(17)14-11(19)6-10(18)7-12(14)20-16/h11-15H,3-10,16H2,1-2H3,(H,30,31);6-7H,3-5,8H2,1-2H3. The molecule has 0 bridgehead atoms. The Morgan fingerprint density at radius 1 is 0.712 bits per heavy atom. The van der Waals surface area contributed by atoms with Crippen molar-refractivity contribution in [3.63, 3.8) is 0 Å². The minimum absolute atomic E-state index is 0.0201. The second-order valence-corrected chi connectivity index (χ2v) is 15.5. The van der Waals surface area contributed by atoms with E-state index in [0.717, 1.165) is 42.9 Å². The first-order chi connectivity index (χ1) is 28.4. The smallest absolute Gasteiger partial charge is 0.242 e. The lowest BCUT2D eigenvalue weighted by atomic mass is 10.1. The van der Waals surface area contributed by atoms with Gasteiger partial charge in [-0.2, -0.15) is 0 Å². The molecule has 59 heavy (non-hydrogen) atoms. The average molecular weight is 881 g/mol. The molecule has 2 aromatic carbocycles. The van der Waals surface area contributed by atoms with Crippen molar-refractivity contribution in [2.75, 3.05) is 98.7 Å². The second-order valence-electron chi connectivity index (χ2n) is 14.7. The van der Waals surface area contributed by atoms with E-state index in [-0.39, 0.29) is 46.7 Å². The molecule has 312 valence electrons. The number of rotatable bonds is 8. The Labute approximate surface area is 348 Å². The lowest BCUT2D eigenvalue weighted by Crippen LogP contribution is -2.51. The molecule has 0 saturated carbocycles. The first-order valence-corrected chi connectivity index (χ1v) is 20.5.